The number of hydrogen-bond acceptors (Lipinski definition) is 2. The van der Waals surface area contributed by atoms with Gasteiger partial charge in [0, 0.05) is 13.1 Å². The molecule has 0 aromatic heterocycles. The van der Waals surface area contributed by atoms with Crippen molar-refractivity contribution < 1.29 is 14.3 Å². The van der Waals surface area contributed by atoms with Gasteiger partial charge in [-0.1, -0.05) is 17.7 Å². The number of amides is 2. The first-order chi connectivity index (χ1) is 8.08. The van der Waals surface area contributed by atoms with E-state index in [4.69, 9.17) is 11.6 Å². The lowest BCUT2D eigenvalue weighted by Crippen LogP contribution is -2.33. The zero-order valence-corrected chi connectivity index (χ0v) is 9.75. The molecule has 1 aromatic rings. The Balaban J connectivity index is 2.06. The number of urea groups is 1. The van der Waals surface area contributed by atoms with Gasteiger partial charge in [-0.05, 0) is 18.6 Å². The first kappa shape index (κ1) is 12.1. The lowest BCUT2D eigenvalue weighted by molar-refractivity contribution is 0.176. The van der Waals surface area contributed by atoms with Crippen molar-refractivity contribution in [1.82, 2.24) is 4.90 Å². The van der Waals surface area contributed by atoms with Crippen LogP contribution in [-0.2, 0) is 0 Å². The third kappa shape index (κ3) is 2.68. The number of nitrogens with zero attached hydrogens (tertiary/aromatic N) is 1. The van der Waals surface area contributed by atoms with E-state index in [0.717, 1.165) is 0 Å². The molecule has 17 heavy (non-hydrogen) atoms. The Morgan fingerprint density at radius 3 is 3.00 bits per heavy atom. The summed E-state index contributed by atoms with van der Waals surface area (Å²) in [4.78, 5) is 13.2. The van der Waals surface area contributed by atoms with Crippen LogP contribution >= 0.6 is 11.6 Å². The van der Waals surface area contributed by atoms with Crippen LogP contribution in [0.4, 0.5) is 14.9 Å². The van der Waals surface area contributed by atoms with Crippen molar-refractivity contribution in [2.45, 2.75) is 12.5 Å². The lowest BCUT2D eigenvalue weighted by atomic mass is 10.3. The average Bonchev–Trinajstić information content (AvgIpc) is 2.72. The van der Waals surface area contributed by atoms with Gasteiger partial charge in [-0.15, -0.1) is 0 Å². The maximum absolute atomic E-state index is 13.5. The predicted octanol–water partition coefficient (Wildman–Crippen LogP) is 2.08. The van der Waals surface area contributed by atoms with Crippen LogP contribution in [0.25, 0.3) is 0 Å². The highest BCUT2D eigenvalue weighted by molar-refractivity contribution is 6.31. The molecule has 1 fully saturated rings. The summed E-state index contributed by atoms with van der Waals surface area (Å²) >= 11 is 5.60. The SMILES string of the molecule is O=C(Nc1cccc(Cl)c1F)N1CC[C@H](O)C1. The molecule has 0 bridgehead atoms. The number of aliphatic hydroxyl groups excluding tert-OH is 1. The minimum Gasteiger partial charge on any atom is -0.391 e. The van der Waals surface area contributed by atoms with Gasteiger partial charge in [0.15, 0.2) is 5.82 Å². The number of benzene rings is 1. The van der Waals surface area contributed by atoms with E-state index < -0.39 is 18.0 Å². The third-order valence-electron chi connectivity index (χ3n) is 2.64. The number of carbonyl (C=O) groups is 1. The fourth-order valence-corrected chi connectivity index (χ4v) is 1.90. The van der Waals surface area contributed by atoms with E-state index in [1.54, 1.807) is 6.07 Å². The van der Waals surface area contributed by atoms with Crippen molar-refractivity contribution in [3.8, 4) is 0 Å². The highest BCUT2D eigenvalue weighted by Gasteiger charge is 2.25. The van der Waals surface area contributed by atoms with Gasteiger partial charge in [-0.25, -0.2) is 9.18 Å². The van der Waals surface area contributed by atoms with Gasteiger partial charge < -0.3 is 15.3 Å². The van der Waals surface area contributed by atoms with E-state index in [1.807, 2.05) is 0 Å². The molecular weight excluding hydrogens is 247 g/mol. The zero-order chi connectivity index (χ0) is 12.4. The van der Waals surface area contributed by atoms with Crippen LogP contribution in [0.3, 0.4) is 0 Å². The zero-order valence-electron chi connectivity index (χ0n) is 8.99. The highest BCUT2D eigenvalue weighted by Crippen LogP contribution is 2.22. The second-order valence-electron chi connectivity index (χ2n) is 3.92. The van der Waals surface area contributed by atoms with Gasteiger partial charge in [-0.2, -0.15) is 0 Å². The summed E-state index contributed by atoms with van der Waals surface area (Å²) in [5, 5.41) is 11.7. The highest BCUT2D eigenvalue weighted by atomic mass is 35.5. The van der Waals surface area contributed by atoms with Gasteiger partial charge in [0.05, 0.1) is 16.8 Å². The largest absolute Gasteiger partial charge is 0.391 e. The molecule has 2 amide bonds. The molecule has 0 radical (unpaired) electrons. The lowest BCUT2D eigenvalue weighted by Gasteiger charge is -2.16. The molecular formula is C11H12ClFN2O2. The predicted molar refractivity (Wildman–Crippen MR) is 62.6 cm³/mol. The summed E-state index contributed by atoms with van der Waals surface area (Å²) in [5.74, 6) is -0.651. The van der Waals surface area contributed by atoms with Crippen molar-refractivity contribution in [2.75, 3.05) is 18.4 Å². The number of carbonyl (C=O) groups excluding carboxylic acids is 1. The van der Waals surface area contributed by atoms with Crippen LogP contribution < -0.4 is 5.32 Å². The fraction of sp³-hybridized carbons (Fsp3) is 0.364. The molecule has 6 heteroatoms. The Morgan fingerprint density at radius 2 is 2.35 bits per heavy atom. The number of hydrogen-bond donors (Lipinski definition) is 2. The summed E-state index contributed by atoms with van der Waals surface area (Å²) in [5.41, 5.74) is 0.0453. The maximum Gasteiger partial charge on any atom is 0.322 e. The summed E-state index contributed by atoms with van der Waals surface area (Å²) in [7, 11) is 0. The molecule has 1 aliphatic heterocycles. The molecule has 4 nitrogen and oxygen atoms in total. The monoisotopic (exact) mass is 258 g/mol. The van der Waals surface area contributed by atoms with Crippen molar-refractivity contribution in [3.05, 3.63) is 29.0 Å². The Bertz CT molecular complexity index is 441. The summed E-state index contributed by atoms with van der Waals surface area (Å²) in [6.45, 7) is 0.739. The number of halogens is 2. The van der Waals surface area contributed by atoms with E-state index in [0.29, 0.717) is 13.0 Å². The number of anilines is 1. The van der Waals surface area contributed by atoms with Crippen LogP contribution in [-0.4, -0.2) is 35.2 Å². The molecule has 0 saturated carbocycles. The van der Waals surface area contributed by atoms with E-state index in [2.05, 4.69) is 5.32 Å². The van der Waals surface area contributed by atoms with Crippen molar-refractivity contribution >= 4 is 23.3 Å². The van der Waals surface area contributed by atoms with Gasteiger partial charge in [0.2, 0.25) is 0 Å². The molecule has 1 saturated heterocycles. The molecule has 1 aromatic carbocycles. The van der Waals surface area contributed by atoms with Crippen molar-refractivity contribution in [2.24, 2.45) is 0 Å². The Labute approximate surface area is 103 Å². The molecule has 1 aliphatic rings. The minimum atomic E-state index is -0.651. The van der Waals surface area contributed by atoms with E-state index in [1.165, 1.54) is 17.0 Å². The number of aliphatic hydroxyl groups is 1. The Hall–Kier alpha value is -1.33. The Morgan fingerprint density at radius 1 is 1.59 bits per heavy atom. The molecule has 1 heterocycles. The van der Waals surface area contributed by atoms with Crippen LogP contribution in [0, 0.1) is 5.82 Å². The smallest absolute Gasteiger partial charge is 0.322 e. The number of nitrogens with one attached hydrogen (secondary N) is 1. The average molecular weight is 259 g/mol. The minimum absolute atomic E-state index is 0.0377. The first-order valence-electron chi connectivity index (χ1n) is 5.26. The Kier molecular flexibility index (Phi) is 3.49. The van der Waals surface area contributed by atoms with Gasteiger partial charge in [0.25, 0.3) is 0 Å². The van der Waals surface area contributed by atoms with E-state index in [-0.39, 0.29) is 17.3 Å². The van der Waals surface area contributed by atoms with Crippen LogP contribution in [0.2, 0.25) is 5.02 Å². The van der Waals surface area contributed by atoms with E-state index >= 15 is 0 Å². The molecule has 0 aliphatic carbocycles. The standard InChI is InChI=1S/C11H12ClFN2O2/c12-8-2-1-3-9(10(8)13)14-11(17)15-5-4-7(16)6-15/h1-3,7,16H,4-6H2,(H,14,17)/t7-/m0/s1. The van der Waals surface area contributed by atoms with E-state index in [9.17, 15) is 14.3 Å². The normalized spacial score (nSPS) is 19.5. The quantitative estimate of drug-likeness (QED) is 0.810. The molecule has 0 spiro atoms. The van der Waals surface area contributed by atoms with Crippen molar-refractivity contribution in [3.63, 3.8) is 0 Å². The van der Waals surface area contributed by atoms with Crippen LogP contribution in [0.5, 0.6) is 0 Å². The molecule has 2 N–H and O–H groups in total. The molecule has 0 unspecified atom stereocenters. The first-order valence-corrected chi connectivity index (χ1v) is 5.63. The second kappa shape index (κ2) is 4.89. The topological polar surface area (TPSA) is 52.6 Å². The number of rotatable bonds is 1. The van der Waals surface area contributed by atoms with Gasteiger partial charge >= 0.3 is 6.03 Å². The molecule has 2 rings (SSSR count). The fourth-order valence-electron chi connectivity index (χ4n) is 1.72. The number of β-amino-alcohol motifs (C(OH)–C–C–N with tert-alkyl or cyclic N) is 1. The summed E-state index contributed by atoms with van der Waals surface area (Å²) in [6, 6.07) is 3.97. The van der Waals surface area contributed by atoms with Gasteiger partial charge in [-0.3, -0.25) is 0 Å². The molecule has 1 atom stereocenters. The van der Waals surface area contributed by atoms with Gasteiger partial charge in [0.1, 0.15) is 0 Å². The van der Waals surface area contributed by atoms with Crippen molar-refractivity contribution in [1.29, 1.82) is 0 Å². The summed E-state index contributed by atoms with van der Waals surface area (Å²) in [6.07, 6.45) is 0.0517. The maximum atomic E-state index is 13.5. The second-order valence-corrected chi connectivity index (χ2v) is 4.33. The number of likely N-dealkylation sites (tertiary alicyclic amines) is 1. The van der Waals surface area contributed by atoms with Crippen LogP contribution in [0.15, 0.2) is 18.2 Å². The third-order valence-corrected chi connectivity index (χ3v) is 2.94. The summed E-state index contributed by atoms with van der Waals surface area (Å²) < 4.78 is 13.5. The van der Waals surface area contributed by atoms with Crippen LogP contribution in [0.1, 0.15) is 6.42 Å². The molecule has 92 valence electrons.